The van der Waals surface area contributed by atoms with E-state index in [2.05, 4.69) is 15.7 Å². The molecular formula is C26H26N4O4. The second-order valence-corrected chi connectivity index (χ2v) is 8.42. The van der Waals surface area contributed by atoms with E-state index < -0.39 is 0 Å². The average molecular weight is 459 g/mol. The van der Waals surface area contributed by atoms with Crippen molar-refractivity contribution in [1.29, 1.82) is 0 Å². The largest absolute Gasteiger partial charge is 0.467 e. The summed E-state index contributed by atoms with van der Waals surface area (Å²) >= 11 is 0. The quantitative estimate of drug-likeness (QED) is 0.420. The van der Waals surface area contributed by atoms with Crippen molar-refractivity contribution in [3.63, 3.8) is 0 Å². The Kier molecular flexibility index (Phi) is 6.87. The summed E-state index contributed by atoms with van der Waals surface area (Å²) in [5, 5.41) is 11.0. The van der Waals surface area contributed by atoms with Crippen LogP contribution in [0.25, 0.3) is 10.8 Å². The van der Waals surface area contributed by atoms with E-state index in [0.717, 1.165) is 5.56 Å². The highest BCUT2D eigenvalue weighted by Crippen LogP contribution is 2.14. The number of carbonyl (C=O) groups excluding carboxylic acids is 2. The molecule has 0 saturated carbocycles. The zero-order valence-electron chi connectivity index (χ0n) is 19.1. The number of fused-ring (bicyclic) bond motifs is 1. The lowest BCUT2D eigenvalue weighted by Crippen LogP contribution is -2.31. The predicted molar refractivity (Wildman–Crippen MR) is 128 cm³/mol. The van der Waals surface area contributed by atoms with Crippen LogP contribution < -0.4 is 16.2 Å². The molecule has 2 aromatic heterocycles. The monoisotopic (exact) mass is 458 g/mol. The van der Waals surface area contributed by atoms with Crippen LogP contribution in [0.15, 0.2) is 76.1 Å². The number of rotatable bonds is 8. The van der Waals surface area contributed by atoms with Crippen molar-refractivity contribution in [3.8, 4) is 0 Å². The van der Waals surface area contributed by atoms with Crippen molar-refractivity contribution >= 4 is 22.6 Å². The number of hydrogen-bond donors (Lipinski definition) is 2. The first-order chi connectivity index (χ1) is 16.4. The van der Waals surface area contributed by atoms with Crippen LogP contribution in [0, 0.1) is 5.92 Å². The first-order valence-electron chi connectivity index (χ1n) is 11.1. The molecule has 0 bridgehead atoms. The van der Waals surface area contributed by atoms with Gasteiger partial charge in [0, 0.05) is 24.0 Å². The molecule has 4 aromatic rings. The van der Waals surface area contributed by atoms with E-state index in [1.165, 1.54) is 4.68 Å². The molecule has 0 spiro atoms. The number of nitrogens with zero attached hydrogens (tertiary/aromatic N) is 2. The fraction of sp³-hybridized carbons (Fsp3) is 0.231. The van der Waals surface area contributed by atoms with Gasteiger partial charge in [-0.3, -0.25) is 14.4 Å². The van der Waals surface area contributed by atoms with E-state index in [4.69, 9.17) is 4.42 Å². The van der Waals surface area contributed by atoms with Crippen molar-refractivity contribution in [2.45, 2.75) is 33.5 Å². The second-order valence-electron chi connectivity index (χ2n) is 8.42. The fourth-order valence-electron chi connectivity index (χ4n) is 3.64. The predicted octanol–water partition coefficient (Wildman–Crippen LogP) is 3.51. The van der Waals surface area contributed by atoms with Gasteiger partial charge in [-0.25, -0.2) is 4.68 Å². The van der Waals surface area contributed by atoms with E-state index in [1.807, 2.05) is 19.9 Å². The molecule has 4 rings (SSSR count). The van der Waals surface area contributed by atoms with Crippen LogP contribution in [0.4, 0.5) is 0 Å². The molecule has 2 amide bonds. The molecule has 0 unspecified atom stereocenters. The first-order valence-corrected chi connectivity index (χ1v) is 11.1. The molecule has 174 valence electrons. The zero-order chi connectivity index (χ0) is 24.1. The molecule has 8 heteroatoms. The van der Waals surface area contributed by atoms with Crippen LogP contribution in [-0.2, 0) is 19.6 Å². The van der Waals surface area contributed by atoms with Gasteiger partial charge in [-0.15, -0.1) is 0 Å². The Labute approximate surface area is 196 Å². The summed E-state index contributed by atoms with van der Waals surface area (Å²) in [6.07, 6.45) is 1.55. The Morgan fingerprint density at radius 1 is 0.941 bits per heavy atom. The Bertz CT molecular complexity index is 1370. The number of benzene rings is 2. The number of furan rings is 1. The summed E-state index contributed by atoms with van der Waals surface area (Å²) in [6.45, 7) is 4.88. The molecule has 0 saturated heterocycles. The molecule has 0 fully saturated rings. The third kappa shape index (κ3) is 5.23. The van der Waals surface area contributed by atoms with Crippen molar-refractivity contribution < 1.29 is 14.0 Å². The molecule has 0 atom stereocenters. The van der Waals surface area contributed by atoms with Crippen LogP contribution in [0.3, 0.4) is 0 Å². The molecule has 0 aliphatic heterocycles. The minimum atomic E-state index is -0.388. The van der Waals surface area contributed by atoms with E-state index in [-0.39, 0.29) is 42.1 Å². The molecule has 0 aliphatic carbocycles. The normalized spacial score (nSPS) is 11.0. The number of nitrogens with one attached hydrogen (secondary N) is 2. The number of aromatic nitrogens is 2. The molecule has 2 aromatic carbocycles. The van der Waals surface area contributed by atoms with E-state index >= 15 is 0 Å². The van der Waals surface area contributed by atoms with Crippen LogP contribution in [0.1, 0.15) is 46.0 Å². The van der Waals surface area contributed by atoms with Crippen LogP contribution in [0.2, 0.25) is 0 Å². The summed E-state index contributed by atoms with van der Waals surface area (Å²) < 4.78 is 6.58. The Morgan fingerprint density at radius 3 is 2.44 bits per heavy atom. The number of hydrogen-bond acceptors (Lipinski definition) is 5. The number of carbonyl (C=O) groups is 2. The average Bonchev–Trinajstić information content (AvgIpc) is 3.36. The minimum Gasteiger partial charge on any atom is -0.467 e. The van der Waals surface area contributed by atoms with E-state index in [0.29, 0.717) is 28.6 Å². The molecule has 8 nitrogen and oxygen atoms in total. The van der Waals surface area contributed by atoms with Crippen LogP contribution in [-0.4, -0.2) is 21.6 Å². The van der Waals surface area contributed by atoms with Crippen molar-refractivity contribution in [3.05, 3.63) is 99.9 Å². The highest BCUT2D eigenvalue weighted by Gasteiger charge is 2.17. The van der Waals surface area contributed by atoms with Gasteiger partial charge in [0.15, 0.2) is 5.69 Å². The third-order valence-electron chi connectivity index (χ3n) is 5.27. The molecule has 34 heavy (non-hydrogen) atoms. The standard InChI is InChI=1S/C26H26N4O4/c1-17(2)16-30-26(33)22-11-4-3-10-21(22)23(29-30)25(32)27-14-18-7-5-8-19(13-18)24(31)28-15-20-9-6-12-34-20/h3-13,17H,14-16H2,1-2H3,(H,27,32)(H,28,31). The third-order valence-corrected chi connectivity index (χ3v) is 5.27. The van der Waals surface area contributed by atoms with Gasteiger partial charge < -0.3 is 15.1 Å². The van der Waals surface area contributed by atoms with E-state index in [1.54, 1.807) is 60.9 Å². The van der Waals surface area contributed by atoms with Crippen molar-refractivity contribution in [2.24, 2.45) is 5.92 Å². The molecule has 2 N–H and O–H groups in total. The highest BCUT2D eigenvalue weighted by atomic mass is 16.3. The van der Waals surface area contributed by atoms with Gasteiger partial charge in [0.25, 0.3) is 17.4 Å². The van der Waals surface area contributed by atoms with Gasteiger partial charge in [0.1, 0.15) is 5.76 Å². The highest BCUT2D eigenvalue weighted by molar-refractivity contribution is 6.04. The summed E-state index contributed by atoms with van der Waals surface area (Å²) in [4.78, 5) is 38.3. The summed E-state index contributed by atoms with van der Waals surface area (Å²) in [5.41, 5.74) is 1.23. The summed E-state index contributed by atoms with van der Waals surface area (Å²) in [5.74, 6) is 0.235. The lowest BCUT2D eigenvalue weighted by Gasteiger charge is -2.13. The van der Waals surface area contributed by atoms with E-state index in [9.17, 15) is 14.4 Å². The topological polar surface area (TPSA) is 106 Å². The van der Waals surface area contributed by atoms with Gasteiger partial charge in [0.05, 0.1) is 18.2 Å². The Balaban J connectivity index is 1.50. The van der Waals surface area contributed by atoms with Gasteiger partial charge in [-0.2, -0.15) is 5.10 Å². The van der Waals surface area contributed by atoms with Gasteiger partial charge >= 0.3 is 0 Å². The Hall–Kier alpha value is -4.20. The lowest BCUT2D eigenvalue weighted by atomic mass is 10.1. The molecule has 0 aliphatic rings. The number of amides is 2. The minimum absolute atomic E-state index is 0.197. The maximum atomic E-state index is 13.1. The summed E-state index contributed by atoms with van der Waals surface area (Å²) in [7, 11) is 0. The molecule has 2 heterocycles. The smallest absolute Gasteiger partial charge is 0.274 e. The maximum absolute atomic E-state index is 13.1. The maximum Gasteiger partial charge on any atom is 0.274 e. The van der Waals surface area contributed by atoms with Gasteiger partial charge in [0.2, 0.25) is 0 Å². The second kappa shape index (κ2) is 10.2. The van der Waals surface area contributed by atoms with Crippen molar-refractivity contribution in [1.82, 2.24) is 20.4 Å². The SMILES string of the molecule is CC(C)Cn1nc(C(=O)NCc2cccc(C(=O)NCc3ccco3)c2)c2ccccc2c1=O. The first kappa shape index (κ1) is 23.0. The Morgan fingerprint density at radius 2 is 1.71 bits per heavy atom. The molecule has 0 radical (unpaired) electrons. The van der Waals surface area contributed by atoms with Gasteiger partial charge in [-0.05, 0) is 41.8 Å². The van der Waals surface area contributed by atoms with Gasteiger partial charge in [-0.1, -0.05) is 44.2 Å². The van der Waals surface area contributed by atoms with Crippen LogP contribution in [0.5, 0.6) is 0 Å². The fourth-order valence-corrected chi connectivity index (χ4v) is 3.64. The van der Waals surface area contributed by atoms with Crippen LogP contribution >= 0.6 is 0 Å². The zero-order valence-corrected chi connectivity index (χ0v) is 19.1. The van der Waals surface area contributed by atoms with Crippen molar-refractivity contribution in [2.75, 3.05) is 0 Å². The lowest BCUT2D eigenvalue weighted by molar-refractivity contribution is 0.0940. The molecular weight excluding hydrogens is 432 g/mol. The summed E-state index contributed by atoms with van der Waals surface area (Å²) in [6, 6.07) is 17.6.